The van der Waals surface area contributed by atoms with Crippen molar-refractivity contribution in [1.29, 1.82) is 0 Å². The molecule has 0 spiro atoms. The molecule has 30 N–H and O–H groups in total. The van der Waals surface area contributed by atoms with E-state index in [0.717, 1.165) is 0 Å². The Kier molecular flexibility index (Phi) is 377. The first-order chi connectivity index (χ1) is 26.0. The van der Waals surface area contributed by atoms with E-state index >= 15 is 0 Å². The zero-order chi connectivity index (χ0) is 53.7. The van der Waals surface area contributed by atoms with Gasteiger partial charge in [0.15, 0.2) is 0 Å². The minimum absolute atomic E-state index is 0. The molecule has 45 nitrogen and oxygen atoms in total. The molecule has 380 valence electrons. The van der Waals surface area contributed by atoms with Crippen molar-refractivity contribution in [1.82, 2.24) is 0 Å². The monoisotopic (exact) mass is 1010 g/mol. The maximum absolute atomic E-state index is 8.56. The van der Waals surface area contributed by atoms with Crippen LogP contribution in [0.5, 0.6) is 0 Å². The van der Waals surface area contributed by atoms with Gasteiger partial charge in [0.1, 0.15) is 0 Å². The zero-order valence-corrected chi connectivity index (χ0v) is 37.0. The molecule has 0 rings (SSSR count). The number of hydrogen-bond acceptors (Lipinski definition) is 15. The predicted molar refractivity (Wildman–Crippen MR) is 171 cm³/mol. The Bertz CT molecular complexity index is 830. The molecule has 0 heterocycles. The van der Waals surface area contributed by atoms with Crippen LogP contribution in [0.25, 0.3) is 0 Å². The summed E-state index contributed by atoms with van der Waals surface area (Å²) >= 11 is 0. The predicted octanol–water partition coefficient (Wildman–Crippen LogP) is -25.5. The third-order valence-corrected chi connectivity index (χ3v) is 0. The summed E-state index contributed by atoms with van der Waals surface area (Å²) in [5.74, 6) is 0. The fraction of sp³-hybridized carbons (Fsp3) is 0. The van der Waals surface area contributed by atoms with E-state index in [-0.39, 0.29) is 203 Å². The Morgan fingerprint density at radius 1 is 0.114 bits per heavy atom. The average Bonchev–Trinajstić information content (AvgIpc) is 2.78. The second kappa shape index (κ2) is 159. The Labute approximate surface area is 516 Å². The van der Waals surface area contributed by atoms with E-state index in [1.807, 2.05) is 0 Å². The summed E-state index contributed by atoms with van der Waals surface area (Å²) in [5.41, 5.74) is 0. The summed E-state index contributed by atoms with van der Waals surface area (Å²) in [6.07, 6.45) is -27.5. The van der Waals surface area contributed by atoms with Gasteiger partial charge in [-0.05, 0) is 0 Å². The van der Waals surface area contributed by atoms with Crippen LogP contribution in [0.3, 0.4) is 0 Å². The van der Waals surface area contributed by atoms with E-state index in [1.54, 1.807) is 0 Å². The number of hydrogen-bond donors (Lipinski definition) is 30. The normalized spacial score (nSPS) is 5.14. The first kappa shape index (κ1) is 166. The molecule has 0 radical (unpaired) electrons. The Morgan fingerprint density at radius 3 is 0.114 bits per heavy atom. The van der Waals surface area contributed by atoms with Gasteiger partial charge in [0.05, 0.1) is 0 Å². The van der Waals surface area contributed by atoms with Crippen LogP contribution in [0.15, 0.2) is 0 Å². The van der Waals surface area contributed by atoms with Crippen molar-refractivity contribution in [3.8, 4) is 0 Å². The van der Waals surface area contributed by atoms with Crippen molar-refractivity contribution < 1.29 is 428 Å². The van der Waals surface area contributed by atoms with Crippen molar-refractivity contribution in [3.05, 3.63) is 0 Å². The topological polar surface area (TPSA) is 863 Å². The molecule has 0 aliphatic carbocycles. The summed E-state index contributed by atoms with van der Waals surface area (Å²) < 4.78 is 0. The van der Waals surface area contributed by atoms with Crippen molar-refractivity contribution in [3.63, 3.8) is 0 Å². The van der Waals surface area contributed by atoms with Crippen LogP contribution in [-0.4, -0.2) is 246 Å². The average molecular weight is 1010 g/mol. The Hall–Kier alpha value is -4.98. The third-order valence-electron chi connectivity index (χ3n) is 0. The molecule has 0 saturated carbocycles. The van der Waals surface area contributed by atoms with Gasteiger partial charge < -0.3 is 167 Å². The standard InChI is InChI=1S/15CH2O3.10Li.10H/c15*2-1(3)4;;;;;;;;;;;;;;;;;;;;/h15*(H2,2,3,4);;;;;;;;;;;;;;;;;;;;/q;;;;;;;;;;;;;;;10*+1;10*-1. The van der Waals surface area contributed by atoms with Gasteiger partial charge in [0, 0.05) is 0 Å². The Balaban J connectivity index is -0.00000000807. The molecular weight excluding hydrogens is 970 g/mol. The van der Waals surface area contributed by atoms with Crippen LogP contribution in [0.1, 0.15) is 14.3 Å². The molecule has 70 heavy (non-hydrogen) atoms. The molecule has 0 aromatic carbocycles. The summed E-state index contributed by atoms with van der Waals surface area (Å²) in [4.78, 5) is 128. The molecule has 0 bridgehead atoms. The van der Waals surface area contributed by atoms with Crippen molar-refractivity contribution in [2.45, 2.75) is 0 Å². The van der Waals surface area contributed by atoms with Crippen LogP contribution in [-0.2, 0) is 0 Å². The largest absolute Gasteiger partial charge is 1.00 e. The summed E-state index contributed by atoms with van der Waals surface area (Å²) in [7, 11) is 0. The van der Waals surface area contributed by atoms with Gasteiger partial charge in [0.2, 0.25) is 0 Å². The van der Waals surface area contributed by atoms with E-state index in [1.165, 1.54) is 0 Å². The van der Waals surface area contributed by atoms with Gasteiger partial charge in [-0.15, -0.1) is 0 Å². The fourth-order valence-corrected chi connectivity index (χ4v) is 0. The fourth-order valence-electron chi connectivity index (χ4n) is 0. The van der Waals surface area contributed by atoms with Gasteiger partial charge in [-0.2, -0.15) is 0 Å². The van der Waals surface area contributed by atoms with Crippen LogP contribution >= 0.6 is 0 Å². The van der Waals surface area contributed by atoms with Crippen LogP contribution in [0.2, 0.25) is 0 Å². The molecule has 0 fully saturated rings. The summed E-state index contributed by atoms with van der Waals surface area (Å²) in [6.45, 7) is 0. The molecule has 0 saturated heterocycles. The minimum atomic E-state index is -1.83. The maximum Gasteiger partial charge on any atom is 1.00 e. The van der Waals surface area contributed by atoms with Gasteiger partial charge in [0.25, 0.3) is 0 Å². The van der Waals surface area contributed by atoms with Gasteiger partial charge in [-0.3, -0.25) is 0 Å². The summed E-state index contributed by atoms with van der Waals surface area (Å²) in [6, 6.07) is 0. The molecule has 0 aliphatic rings. The quantitative estimate of drug-likeness (QED) is 0.100. The molecule has 0 aromatic heterocycles. The second-order valence-electron chi connectivity index (χ2n) is 4.24. The van der Waals surface area contributed by atoms with Crippen LogP contribution in [0, 0.1) is 0 Å². The molecule has 0 aliphatic heterocycles. The van der Waals surface area contributed by atoms with Crippen molar-refractivity contribution in [2.24, 2.45) is 0 Å². The van der Waals surface area contributed by atoms with E-state index < -0.39 is 92.3 Å². The van der Waals surface area contributed by atoms with E-state index in [9.17, 15) is 0 Å². The molecule has 0 aromatic rings. The Morgan fingerprint density at radius 2 is 0.114 bits per heavy atom. The van der Waals surface area contributed by atoms with E-state index in [2.05, 4.69) is 0 Å². The van der Waals surface area contributed by atoms with E-state index in [0.29, 0.717) is 0 Å². The molecule has 55 heteroatoms. The molecule has 0 unspecified atom stereocenters. The van der Waals surface area contributed by atoms with Gasteiger partial charge >= 0.3 is 281 Å². The SMILES string of the molecule is O=C(O)O.O=C(O)O.O=C(O)O.O=C(O)O.O=C(O)O.O=C(O)O.O=C(O)O.O=C(O)O.O=C(O)O.O=C(O)O.O=C(O)O.O=C(O)O.O=C(O)O.O=C(O)O.O=C(O)O.[H-].[H-].[H-].[H-].[H-].[H-].[H-].[H-].[H-].[H-].[Li+].[Li+].[Li+].[Li+].[Li+].[Li+].[Li+].[Li+].[Li+].[Li+]. The smallest absolute Gasteiger partial charge is 1.00 e. The van der Waals surface area contributed by atoms with Crippen LogP contribution < -0.4 is 189 Å². The van der Waals surface area contributed by atoms with E-state index in [4.69, 9.17) is 225 Å². The number of carboxylic acid groups (broad SMARTS) is 30. The molecule has 0 atom stereocenters. The first-order valence-electron chi connectivity index (χ1n) is 9.77. The summed E-state index contributed by atoms with van der Waals surface area (Å²) in [5, 5.41) is 209. The first-order valence-corrected chi connectivity index (χ1v) is 9.77. The molecule has 0 amide bonds. The van der Waals surface area contributed by atoms with Crippen molar-refractivity contribution in [2.75, 3.05) is 0 Å². The molecular formula is C15H40Li10O45. The van der Waals surface area contributed by atoms with Crippen LogP contribution in [0.4, 0.5) is 71.9 Å². The number of carbonyl (C=O) groups is 15. The maximum atomic E-state index is 8.56. The third kappa shape index (κ3) is 9790. The van der Waals surface area contributed by atoms with Crippen molar-refractivity contribution >= 4 is 92.3 Å². The minimum Gasteiger partial charge on any atom is -1.00 e. The number of rotatable bonds is 0. The van der Waals surface area contributed by atoms with Gasteiger partial charge in [-0.25, -0.2) is 71.9 Å². The second-order valence-corrected chi connectivity index (χ2v) is 4.24. The van der Waals surface area contributed by atoms with Gasteiger partial charge in [-0.1, -0.05) is 0 Å². The zero-order valence-electron chi connectivity index (χ0n) is 47.0.